The van der Waals surface area contributed by atoms with Crippen LogP contribution in [0.1, 0.15) is 43.3 Å². The number of nitrogens with zero attached hydrogens (tertiary/aromatic N) is 6. The van der Waals surface area contributed by atoms with Crippen molar-refractivity contribution >= 4 is 23.5 Å². The Morgan fingerprint density at radius 1 is 0.633 bits per heavy atom. The Morgan fingerprint density at radius 3 is 1.42 bits per heavy atom. The van der Waals surface area contributed by atoms with Crippen molar-refractivity contribution < 1.29 is 29.0 Å². The van der Waals surface area contributed by atoms with Crippen molar-refractivity contribution in [2.75, 3.05) is 13.1 Å². The maximum Gasteiger partial charge on any atom is 0.320 e. The molecule has 0 amide bonds. The van der Waals surface area contributed by atoms with E-state index >= 15 is 0 Å². The van der Waals surface area contributed by atoms with Crippen molar-refractivity contribution in [1.29, 1.82) is 0 Å². The average molecular weight is 813 g/mol. The first-order chi connectivity index (χ1) is 28.7. The SMILES string of the molecule is Cn1nc(-c2ccncc2)cc1CC(=O)[C@H](Cc1ccccc1)NCC(=O)O.Cn1nc(-c2ccncc2)cc1CC(=O)[C@H](Cc1ccccc1)NCC(=O)OC(C)(C)C. The van der Waals surface area contributed by atoms with Gasteiger partial charge in [0.05, 0.1) is 49.4 Å². The van der Waals surface area contributed by atoms with Gasteiger partial charge in [-0.05, 0) is 81.1 Å². The standard InChI is InChI=1S/C25H30N4O3.C21H22N4O3/c1-25(2,3)32-24(31)17-27-22(14-18-8-6-5-7-9-18)23(30)16-20-15-21(28-29(20)4)19-10-12-26-13-11-19;1-25-17(12-18(24-25)16-7-9-22-10-8-16)13-20(26)19(23-14-21(27)28)11-15-5-3-2-4-6-15/h5-13,15,22,27H,14,16-17H2,1-4H3;2-10,12,19,23H,11,13-14H2,1H3,(H,27,28)/t22-;19-/m00/s1. The lowest BCUT2D eigenvalue weighted by Gasteiger charge is -2.22. The fourth-order valence-corrected chi connectivity index (χ4v) is 6.37. The van der Waals surface area contributed by atoms with Gasteiger partial charge in [0.25, 0.3) is 0 Å². The highest BCUT2D eigenvalue weighted by Crippen LogP contribution is 2.20. The van der Waals surface area contributed by atoms with Gasteiger partial charge >= 0.3 is 11.9 Å². The quantitative estimate of drug-likeness (QED) is 0.0988. The Kier molecular flexibility index (Phi) is 15.8. The van der Waals surface area contributed by atoms with E-state index in [1.54, 1.807) is 41.2 Å². The predicted molar refractivity (Wildman–Crippen MR) is 228 cm³/mol. The number of carbonyl (C=O) groups is 4. The molecule has 0 unspecified atom stereocenters. The van der Waals surface area contributed by atoms with E-state index in [4.69, 9.17) is 9.84 Å². The van der Waals surface area contributed by atoms with E-state index < -0.39 is 23.7 Å². The molecule has 0 spiro atoms. The average Bonchev–Trinajstić information content (AvgIpc) is 3.79. The van der Waals surface area contributed by atoms with E-state index in [0.29, 0.717) is 12.8 Å². The molecule has 14 heteroatoms. The number of Topliss-reactive ketones (excluding diaryl/α,β-unsaturated/α-hetero) is 2. The van der Waals surface area contributed by atoms with Crippen LogP contribution in [0.2, 0.25) is 0 Å². The highest BCUT2D eigenvalue weighted by Gasteiger charge is 2.24. The molecule has 0 bridgehead atoms. The highest BCUT2D eigenvalue weighted by molar-refractivity contribution is 5.87. The van der Waals surface area contributed by atoms with E-state index in [1.165, 1.54) is 0 Å². The van der Waals surface area contributed by atoms with E-state index in [0.717, 1.165) is 45.0 Å². The van der Waals surface area contributed by atoms with Gasteiger partial charge in [-0.25, -0.2) is 0 Å². The molecular weight excluding hydrogens is 761 g/mol. The summed E-state index contributed by atoms with van der Waals surface area (Å²) in [6.07, 6.45) is 8.10. The Hall–Kier alpha value is -6.64. The molecule has 6 aromatic rings. The molecule has 3 N–H and O–H groups in total. The second kappa shape index (κ2) is 21.4. The maximum absolute atomic E-state index is 13.2. The maximum atomic E-state index is 13.2. The van der Waals surface area contributed by atoms with Crippen LogP contribution in [0.5, 0.6) is 0 Å². The largest absolute Gasteiger partial charge is 0.480 e. The molecule has 0 radical (unpaired) electrons. The third-order valence-electron chi connectivity index (χ3n) is 9.37. The van der Waals surface area contributed by atoms with Crippen LogP contribution in [0, 0.1) is 0 Å². The van der Waals surface area contributed by atoms with Crippen LogP contribution in [-0.4, -0.2) is 88.9 Å². The number of pyridine rings is 2. The molecule has 4 aromatic heterocycles. The number of aromatic nitrogens is 6. The molecule has 312 valence electrons. The Bertz CT molecular complexity index is 2310. The molecule has 0 saturated carbocycles. The molecule has 2 atom stereocenters. The zero-order valence-corrected chi connectivity index (χ0v) is 34.6. The summed E-state index contributed by atoms with van der Waals surface area (Å²) in [4.78, 5) is 57.4. The third-order valence-corrected chi connectivity index (χ3v) is 9.37. The number of ketones is 2. The number of aryl methyl sites for hydroxylation is 2. The molecule has 4 heterocycles. The van der Waals surface area contributed by atoms with Gasteiger partial charge < -0.3 is 9.84 Å². The summed E-state index contributed by atoms with van der Waals surface area (Å²) in [6.45, 7) is 5.16. The number of carboxylic acids is 1. The van der Waals surface area contributed by atoms with Crippen molar-refractivity contribution in [3.8, 4) is 22.5 Å². The number of rotatable bonds is 18. The Labute approximate surface area is 350 Å². The number of hydrogen-bond acceptors (Lipinski definition) is 11. The van der Waals surface area contributed by atoms with Crippen molar-refractivity contribution in [2.45, 2.75) is 64.1 Å². The lowest BCUT2D eigenvalue weighted by molar-refractivity contribution is -0.153. The lowest BCUT2D eigenvalue weighted by atomic mass is 9.99. The third kappa shape index (κ3) is 14.0. The zero-order valence-electron chi connectivity index (χ0n) is 34.6. The van der Waals surface area contributed by atoms with Gasteiger partial charge in [-0.3, -0.25) is 49.1 Å². The number of ether oxygens (including phenoxy) is 1. The predicted octanol–water partition coefficient (Wildman–Crippen LogP) is 5.02. The van der Waals surface area contributed by atoms with Crippen LogP contribution in [0.15, 0.2) is 122 Å². The topological polar surface area (TPSA) is 183 Å². The summed E-state index contributed by atoms with van der Waals surface area (Å²) >= 11 is 0. The summed E-state index contributed by atoms with van der Waals surface area (Å²) in [5.41, 5.74) is 6.42. The fraction of sp³-hybridized carbons (Fsp3) is 0.304. The number of esters is 1. The minimum atomic E-state index is -0.994. The van der Waals surface area contributed by atoms with Crippen LogP contribution in [0.25, 0.3) is 22.5 Å². The van der Waals surface area contributed by atoms with Gasteiger partial charge in [0.2, 0.25) is 0 Å². The molecule has 0 saturated heterocycles. The summed E-state index contributed by atoms with van der Waals surface area (Å²) in [7, 11) is 3.62. The first kappa shape index (κ1) is 44.5. The van der Waals surface area contributed by atoms with Crippen LogP contribution in [0.3, 0.4) is 0 Å². The first-order valence-corrected chi connectivity index (χ1v) is 19.6. The van der Waals surface area contributed by atoms with Gasteiger partial charge in [-0.15, -0.1) is 0 Å². The van der Waals surface area contributed by atoms with Crippen LogP contribution < -0.4 is 10.6 Å². The fourth-order valence-electron chi connectivity index (χ4n) is 6.37. The van der Waals surface area contributed by atoms with Crippen molar-refractivity contribution in [2.24, 2.45) is 14.1 Å². The molecule has 0 aliphatic carbocycles. The number of carbonyl (C=O) groups excluding carboxylic acids is 3. The van der Waals surface area contributed by atoms with Gasteiger partial charge in [-0.2, -0.15) is 10.2 Å². The molecule has 6 rings (SSSR count). The Balaban J connectivity index is 0.000000230. The number of aliphatic carboxylic acids is 1. The van der Waals surface area contributed by atoms with Crippen LogP contribution >= 0.6 is 0 Å². The van der Waals surface area contributed by atoms with Crippen molar-refractivity contribution in [3.63, 3.8) is 0 Å². The normalized spacial score (nSPS) is 12.2. The number of nitrogens with one attached hydrogen (secondary N) is 2. The van der Waals surface area contributed by atoms with E-state index in [9.17, 15) is 19.2 Å². The van der Waals surface area contributed by atoms with Crippen molar-refractivity contribution in [3.05, 3.63) is 144 Å². The molecule has 60 heavy (non-hydrogen) atoms. The van der Waals surface area contributed by atoms with Gasteiger partial charge in [-0.1, -0.05) is 60.7 Å². The number of hydrogen-bond donors (Lipinski definition) is 3. The van der Waals surface area contributed by atoms with E-state index in [-0.39, 0.29) is 43.5 Å². The van der Waals surface area contributed by atoms with E-state index in [2.05, 4.69) is 30.8 Å². The molecule has 0 fully saturated rings. The molecule has 2 aromatic carbocycles. The lowest BCUT2D eigenvalue weighted by Crippen LogP contribution is -2.43. The van der Waals surface area contributed by atoms with Gasteiger partial charge in [0.1, 0.15) is 5.60 Å². The van der Waals surface area contributed by atoms with Gasteiger partial charge in [0.15, 0.2) is 11.6 Å². The second-order valence-electron chi connectivity index (χ2n) is 15.3. The summed E-state index contributed by atoms with van der Waals surface area (Å²) in [6, 6.07) is 29.5. The van der Waals surface area contributed by atoms with Crippen molar-refractivity contribution in [1.82, 2.24) is 40.2 Å². The summed E-state index contributed by atoms with van der Waals surface area (Å²) in [5, 5.41) is 24.0. The highest BCUT2D eigenvalue weighted by atomic mass is 16.6. The zero-order chi connectivity index (χ0) is 43.1. The Morgan fingerprint density at radius 2 is 1.03 bits per heavy atom. The first-order valence-electron chi connectivity index (χ1n) is 19.6. The minimum absolute atomic E-state index is 0.0123. The molecule has 14 nitrogen and oxygen atoms in total. The second-order valence-corrected chi connectivity index (χ2v) is 15.3. The van der Waals surface area contributed by atoms with Gasteiger partial charge in [0, 0.05) is 61.4 Å². The van der Waals surface area contributed by atoms with E-state index in [1.807, 2.05) is 125 Å². The molecule has 0 aliphatic heterocycles. The summed E-state index contributed by atoms with van der Waals surface area (Å²) in [5.74, 6) is -1.47. The number of carboxylic acid groups (broad SMARTS) is 1. The summed E-state index contributed by atoms with van der Waals surface area (Å²) < 4.78 is 8.78. The smallest absolute Gasteiger partial charge is 0.320 e. The number of benzene rings is 2. The van der Waals surface area contributed by atoms with Crippen LogP contribution in [-0.2, 0) is 63.7 Å². The minimum Gasteiger partial charge on any atom is -0.480 e. The molecule has 0 aliphatic rings. The van der Waals surface area contributed by atoms with Crippen LogP contribution in [0.4, 0.5) is 0 Å². The molecular formula is C46H52N8O6. The monoisotopic (exact) mass is 812 g/mol.